The molecule has 1 amide bonds. The number of Topliss-reactive ketones (excluding diaryl/α,β-unsaturated/α-hetero) is 1. The summed E-state index contributed by atoms with van der Waals surface area (Å²) in [5.41, 5.74) is 2.19. The maximum Gasteiger partial charge on any atom is 0.223 e. The molecule has 1 aromatic carbocycles. The topological polar surface area (TPSA) is 61.2 Å². The molecule has 0 radical (unpaired) electrons. The van der Waals surface area contributed by atoms with Gasteiger partial charge < -0.3 is 4.90 Å². The SMILES string of the molecule is Cc1ccc(CN2C(=O)CCC2C(=O)C(C#N)=S2CCCC2)cc1. The molecule has 24 heavy (non-hydrogen) atoms. The van der Waals surface area contributed by atoms with Crippen LogP contribution in [0.5, 0.6) is 0 Å². The lowest BCUT2D eigenvalue weighted by atomic mass is 10.1. The van der Waals surface area contributed by atoms with Gasteiger partial charge in [0.1, 0.15) is 10.9 Å². The summed E-state index contributed by atoms with van der Waals surface area (Å²) in [5.74, 6) is 1.81. The van der Waals surface area contributed by atoms with Crippen molar-refractivity contribution in [3.63, 3.8) is 0 Å². The number of likely N-dealkylation sites (tertiary alicyclic amines) is 1. The highest BCUT2D eigenvalue weighted by Gasteiger charge is 2.38. The molecule has 2 saturated heterocycles. The van der Waals surface area contributed by atoms with E-state index in [4.69, 9.17) is 0 Å². The van der Waals surface area contributed by atoms with Gasteiger partial charge in [0.2, 0.25) is 11.7 Å². The summed E-state index contributed by atoms with van der Waals surface area (Å²) in [4.78, 5) is 27.3. The van der Waals surface area contributed by atoms with Crippen LogP contribution in [-0.2, 0) is 16.1 Å². The van der Waals surface area contributed by atoms with Crippen molar-refractivity contribution in [2.45, 2.75) is 45.2 Å². The molecule has 1 atom stereocenters. The maximum atomic E-state index is 12.9. The zero-order chi connectivity index (χ0) is 17.1. The van der Waals surface area contributed by atoms with Gasteiger partial charge in [-0.1, -0.05) is 29.8 Å². The summed E-state index contributed by atoms with van der Waals surface area (Å²) in [6.45, 7) is 2.47. The second-order valence-electron chi connectivity index (χ2n) is 6.48. The van der Waals surface area contributed by atoms with Crippen LogP contribution in [0.1, 0.15) is 36.8 Å². The van der Waals surface area contributed by atoms with Crippen molar-refractivity contribution in [3.05, 3.63) is 35.4 Å². The number of carbonyl (C=O) groups is 2. The van der Waals surface area contributed by atoms with Gasteiger partial charge in [-0.05, 0) is 43.3 Å². The molecule has 3 rings (SSSR count). The smallest absolute Gasteiger partial charge is 0.223 e. The molecule has 0 bridgehead atoms. The highest BCUT2D eigenvalue weighted by Crippen LogP contribution is 2.30. The Bertz CT molecular complexity index is 723. The standard InChI is InChI=1S/C19H22N2O2S/c1-14-4-6-15(7-5-14)13-21-16(8-9-18(21)22)19(23)17(12-20)24-10-2-3-11-24/h4-7,16H,2-3,8-11,13H2,1H3. The van der Waals surface area contributed by atoms with E-state index in [0.29, 0.717) is 24.3 Å². The summed E-state index contributed by atoms with van der Waals surface area (Å²) in [7, 11) is -0.199. The first-order chi connectivity index (χ1) is 11.6. The zero-order valence-electron chi connectivity index (χ0n) is 14.0. The molecule has 2 aliphatic heterocycles. The number of benzene rings is 1. The summed E-state index contributed by atoms with van der Waals surface area (Å²) in [5, 5.41) is 9.49. The highest BCUT2D eigenvalue weighted by molar-refractivity contribution is 8.17. The first kappa shape index (κ1) is 16.9. The fraction of sp³-hybridized carbons (Fsp3) is 0.474. The molecule has 2 aliphatic rings. The Labute approximate surface area is 145 Å². The molecule has 0 aliphatic carbocycles. The molecular weight excluding hydrogens is 320 g/mol. The largest absolute Gasteiger partial charge is 0.328 e. The third-order valence-corrected chi connectivity index (χ3v) is 7.18. The molecule has 126 valence electrons. The van der Waals surface area contributed by atoms with Crippen LogP contribution in [-0.4, -0.2) is 39.0 Å². The molecule has 0 saturated carbocycles. The summed E-state index contributed by atoms with van der Waals surface area (Å²) >= 11 is 0. The number of rotatable bonds is 4. The minimum Gasteiger partial charge on any atom is -0.328 e. The highest BCUT2D eigenvalue weighted by atomic mass is 32.2. The molecule has 2 heterocycles. The molecular formula is C19H22N2O2S. The Hall–Kier alpha value is -1.93. The van der Waals surface area contributed by atoms with E-state index >= 15 is 0 Å². The van der Waals surface area contributed by atoms with Gasteiger partial charge in [0, 0.05) is 13.0 Å². The lowest BCUT2D eigenvalue weighted by Gasteiger charge is -2.24. The number of aryl methyl sites for hydroxylation is 1. The number of carbonyl (C=O) groups excluding carboxylic acids is 2. The molecule has 2 fully saturated rings. The Morgan fingerprint density at radius 3 is 2.58 bits per heavy atom. The summed E-state index contributed by atoms with van der Waals surface area (Å²) in [6.07, 6.45) is 3.12. The van der Waals surface area contributed by atoms with Crippen LogP contribution in [0.3, 0.4) is 0 Å². The predicted molar refractivity (Wildman–Crippen MR) is 96.9 cm³/mol. The van der Waals surface area contributed by atoms with Crippen molar-refractivity contribution in [1.29, 1.82) is 5.26 Å². The van der Waals surface area contributed by atoms with Gasteiger partial charge in [-0.25, -0.2) is 0 Å². The van der Waals surface area contributed by atoms with Gasteiger partial charge in [0.25, 0.3) is 0 Å². The van der Waals surface area contributed by atoms with Crippen LogP contribution in [0.4, 0.5) is 0 Å². The van der Waals surface area contributed by atoms with Crippen LogP contribution in [0.2, 0.25) is 0 Å². The molecule has 4 nitrogen and oxygen atoms in total. The number of hydrogen-bond donors (Lipinski definition) is 0. The normalized spacial score (nSPS) is 21.1. The first-order valence-electron chi connectivity index (χ1n) is 8.44. The number of nitriles is 1. The summed E-state index contributed by atoms with van der Waals surface area (Å²) in [6, 6.07) is 9.73. The Balaban J connectivity index is 1.82. The van der Waals surface area contributed by atoms with Crippen LogP contribution < -0.4 is 0 Å². The monoisotopic (exact) mass is 342 g/mol. The van der Waals surface area contributed by atoms with Crippen molar-refractivity contribution in [2.24, 2.45) is 0 Å². The molecule has 5 heteroatoms. The van der Waals surface area contributed by atoms with Crippen LogP contribution in [0.15, 0.2) is 24.3 Å². The molecule has 0 N–H and O–H groups in total. The van der Waals surface area contributed by atoms with E-state index in [-0.39, 0.29) is 22.2 Å². The summed E-state index contributed by atoms with van der Waals surface area (Å²) < 4.78 is 0. The molecule has 1 aromatic rings. The van der Waals surface area contributed by atoms with E-state index in [1.165, 1.54) is 5.56 Å². The van der Waals surface area contributed by atoms with Gasteiger partial charge >= 0.3 is 0 Å². The second-order valence-corrected chi connectivity index (χ2v) is 8.69. The van der Waals surface area contributed by atoms with E-state index in [1.54, 1.807) is 4.90 Å². The maximum absolute atomic E-state index is 12.9. The molecule has 0 spiro atoms. The van der Waals surface area contributed by atoms with Gasteiger partial charge in [-0.15, -0.1) is 0 Å². The number of hydrogen-bond acceptors (Lipinski definition) is 3. The van der Waals surface area contributed by atoms with Crippen molar-refractivity contribution < 1.29 is 9.59 Å². The van der Waals surface area contributed by atoms with E-state index in [2.05, 4.69) is 6.07 Å². The fourth-order valence-corrected chi connectivity index (χ4v) is 5.63. The van der Waals surface area contributed by atoms with Gasteiger partial charge in [0.05, 0.1) is 6.04 Å². The van der Waals surface area contributed by atoms with E-state index in [0.717, 1.165) is 29.9 Å². The van der Waals surface area contributed by atoms with Gasteiger partial charge in [-0.3, -0.25) is 9.59 Å². The third-order valence-electron chi connectivity index (χ3n) is 4.75. The number of amides is 1. The van der Waals surface area contributed by atoms with Crippen LogP contribution in [0.25, 0.3) is 0 Å². The average Bonchev–Trinajstić information content (AvgIpc) is 3.21. The number of ketones is 1. The van der Waals surface area contributed by atoms with Gasteiger partial charge in [-0.2, -0.15) is 15.7 Å². The average molecular weight is 342 g/mol. The van der Waals surface area contributed by atoms with Crippen molar-refractivity contribution in [3.8, 4) is 6.07 Å². The lowest BCUT2D eigenvalue weighted by Crippen LogP contribution is -2.41. The van der Waals surface area contributed by atoms with Crippen molar-refractivity contribution in [2.75, 3.05) is 11.5 Å². The minimum atomic E-state index is -0.457. The predicted octanol–water partition coefficient (Wildman–Crippen LogP) is 2.81. The van der Waals surface area contributed by atoms with Crippen molar-refractivity contribution in [1.82, 2.24) is 4.90 Å². The Kier molecular flexibility index (Phi) is 5.15. The first-order valence-corrected chi connectivity index (χ1v) is 10.00. The third kappa shape index (κ3) is 3.44. The minimum absolute atomic E-state index is 0.0148. The Morgan fingerprint density at radius 1 is 1.29 bits per heavy atom. The Morgan fingerprint density at radius 2 is 1.96 bits per heavy atom. The van der Waals surface area contributed by atoms with E-state index in [9.17, 15) is 14.9 Å². The fourth-order valence-electron chi connectivity index (χ4n) is 3.37. The van der Waals surface area contributed by atoms with Crippen LogP contribution in [0, 0.1) is 18.3 Å². The molecule has 1 unspecified atom stereocenters. The van der Waals surface area contributed by atoms with E-state index < -0.39 is 6.04 Å². The lowest BCUT2D eigenvalue weighted by molar-refractivity contribution is -0.132. The number of nitrogens with zero attached hydrogens (tertiary/aromatic N) is 2. The zero-order valence-corrected chi connectivity index (χ0v) is 14.8. The van der Waals surface area contributed by atoms with Crippen molar-refractivity contribution >= 4 is 27.0 Å². The van der Waals surface area contributed by atoms with E-state index in [1.807, 2.05) is 31.2 Å². The van der Waals surface area contributed by atoms with Gasteiger partial charge in [0.15, 0.2) is 0 Å². The quantitative estimate of drug-likeness (QED) is 0.791. The molecule has 0 aromatic heterocycles. The van der Waals surface area contributed by atoms with Crippen LogP contribution >= 0.6 is 10.5 Å². The second kappa shape index (κ2) is 7.31.